The molecule has 5 nitrogen and oxygen atoms in total. The van der Waals surface area contributed by atoms with Gasteiger partial charge in [-0.2, -0.15) is 0 Å². The number of aromatic nitrogens is 2. The molecule has 78 valence electrons. The molecular formula is C10H11N3O2. The van der Waals surface area contributed by atoms with Crippen molar-refractivity contribution in [2.24, 2.45) is 5.73 Å². The van der Waals surface area contributed by atoms with Crippen LogP contribution in [0.4, 0.5) is 0 Å². The highest BCUT2D eigenvalue weighted by Gasteiger charge is 2.03. The predicted octanol–water partition coefficient (Wildman–Crippen LogP) is 0.236. The number of H-pyrrole nitrogens is 2. The number of benzene rings is 1. The van der Waals surface area contributed by atoms with Crippen LogP contribution in [0.3, 0.4) is 0 Å². The van der Waals surface area contributed by atoms with Gasteiger partial charge in [-0.1, -0.05) is 6.07 Å². The van der Waals surface area contributed by atoms with Gasteiger partial charge in [0.05, 0.1) is 11.0 Å². The van der Waals surface area contributed by atoms with Crippen LogP contribution < -0.4 is 16.9 Å². The van der Waals surface area contributed by atoms with Crippen molar-refractivity contribution in [1.82, 2.24) is 9.97 Å². The van der Waals surface area contributed by atoms with Crippen molar-refractivity contribution in [2.75, 3.05) is 0 Å². The first kappa shape index (κ1) is 9.67. The lowest BCUT2D eigenvalue weighted by atomic mass is 10.1. The van der Waals surface area contributed by atoms with Crippen molar-refractivity contribution in [3.8, 4) is 0 Å². The van der Waals surface area contributed by atoms with Crippen LogP contribution >= 0.6 is 0 Å². The zero-order valence-electron chi connectivity index (χ0n) is 8.20. The van der Waals surface area contributed by atoms with E-state index >= 15 is 0 Å². The Morgan fingerprint density at radius 3 is 2.33 bits per heavy atom. The summed E-state index contributed by atoms with van der Waals surface area (Å²) in [5, 5.41) is 0. The van der Waals surface area contributed by atoms with Crippen LogP contribution in [0.1, 0.15) is 18.5 Å². The highest BCUT2D eigenvalue weighted by Crippen LogP contribution is 2.13. The number of hydrogen-bond donors (Lipinski definition) is 3. The number of aromatic amines is 2. The lowest BCUT2D eigenvalue weighted by Gasteiger charge is -2.06. The summed E-state index contributed by atoms with van der Waals surface area (Å²) in [6.45, 7) is 1.85. The Kier molecular flexibility index (Phi) is 2.17. The molecule has 0 saturated carbocycles. The van der Waals surface area contributed by atoms with Gasteiger partial charge in [-0.3, -0.25) is 9.59 Å². The van der Waals surface area contributed by atoms with Gasteiger partial charge in [-0.15, -0.1) is 0 Å². The number of nitrogens with two attached hydrogens (primary N) is 1. The molecule has 15 heavy (non-hydrogen) atoms. The minimum Gasteiger partial charge on any atom is -0.324 e. The van der Waals surface area contributed by atoms with Gasteiger partial charge in [0.2, 0.25) is 0 Å². The van der Waals surface area contributed by atoms with Crippen molar-refractivity contribution in [1.29, 1.82) is 0 Å². The Morgan fingerprint density at radius 1 is 1.13 bits per heavy atom. The monoisotopic (exact) mass is 205 g/mol. The predicted molar refractivity (Wildman–Crippen MR) is 57.8 cm³/mol. The summed E-state index contributed by atoms with van der Waals surface area (Å²) in [5.41, 5.74) is 6.52. The van der Waals surface area contributed by atoms with Crippen LogP contribution in [0, 0.1) is 0 Å². The zero-order chi connectivity index (χ0) is 11.0. The van der Waals surface area contributed by atoms with Crippen molar-refractivity contribution in [3.05, 3.63) is 44.5 Å². The average molecular weight is 205 g/mol. The van der Waals surface area contributed by atoms with Crippen molar-refractivity contribution in [2.45, 2.75) is 13.0 Å². The molecule has 0 bridgehead atoms. The molecule has 0 aliphatic heterocycles. The normalized spacial score (nSPS) is 12.9. The van der Waals surface area contributed by atoms with E-state index in [4.69, 9.17) is 5.73 Å². The summed E-state index contributed by atoms with van der Waals surface area (Å²) in [6.07, 6.45) is 0. The number of nitrogens with one attached hydrogen (secondary N) is 2. The van der Waals surface area contributed by atoms with Gasteiger partial charge < -0.3 is 15.7 Å². The van der Waals surface area contributed by atoms with Gasteiger partial charge in [0.25, 0.3) is 0 Å². The molecular weight excluding hydrogens is 194 g/mol. The van der Waals surface area contributed by atoms with Crippen LogP contribution in [0.15, 0.2) is 27.8 Å². The third-order valence-corrected chi connectivity index (χ3v) is 2.27. The summed E-state index contributed by atoms with van der Waals surface area (Å²) in [5.74, 6) is 0. The molecule has 0 spiro atoms. The molecule has 0 saturated heterocycles. The van der Waals surface area contributed by atoms with Crippen molar-refractivity contribution < 1.29 is 0 Å². The second-order valence-corrected chi connectivity index (χ2v) is 3.50. The molecule has 0 radical (unpaired) electrons. The molecule has 0 aliphatic rings. The van der Waals surface area contributed by atoms with E-state index in [1.165, 1.54) is 0 Å². The van der Waals surface area contributed by atoms with E-state index in [-0.39, 0.29) is 6.04 Å². The van der Waals surface area contributed by atoms with Crippen LogP contribution in [-0.4, -0.2) is 9.97 Å². The smallest absolute Gasteiger partial charge is 0.314 e. The molecule has 1 aromatic heterocycles. The van der Waals surface area contributed by atoms with E-state index in [1.54, 1.807) is 12.1 Å². The number of rotatable bonds is 1. The highest BCUT2D eigenvalue weighted by atomic mass is 16.2. The summed E-state index contributed by atoms with van der Waals surface area (Å²) in [6, 6.07) is 5.20. The molecule has 1 unspecified atom stereocenters. The van der Waals surface area contributed by atoms with Gasteiger partial charge >= 0.3 is 11.1 Å². The Balaban J connectivity index is 2.77. The first-order valence-electron chi connectivity index (χ1n) is 4.60. The molecule has 1 atom stereocenters. The molecule has 4 N–H and O–H groups in total. The van der Waals surface area contributed by atoms with E-state index in [2.05, 4.69) is 9.97 Å². The standard InChI is InChI=1S/C10H11N3O2/c1-5(11)6-2-3-7-8(4-6)13-10(15)9(14)12-7/h2-5H,11H2,1H3,(H,12,14)(H,13,15). The van der Waals surface area contributed by atoms with Gasteiger partial charge in [-0.25, -0.2) is 0 Å². The van der Waals surface area contributed by atoms with Crippen LogP contribution in [0.25, 0.3) is 11.0 Å². The number of fused-ring (bicyclic) bond motifs is 1. The fourth-order valence-corrected chi connectivity index (χ4v) is 1.42. The second-order valence-electron chi connectivity index (χ2n) is 3.50. The molecule has 0 amide bonds. The first-order chi connectivity index (χ1) is 7.08. The van der Waals surface area contributed by atoms with Gasteiger partial charge in [0.15, 0.2) is 0 Å². The topological polar surface area (TPSA) is 91.7 Å². The maximum atomic E-state index is 11.1. The SMILES string of the molecule is CC(N)c1ccc2[nH]c(=O)c(=O)[nH]c2c1. The molecule has 1 aromatic carbocycles. The second kappa shape index (κ2) is 3.36. The molecule has 2 aromatic rings. The van der Waals surface area contributed by atoms with E-state index < -0.39 is 11.1 Å². The maximum absolute atomic E-state index is 11.1. The van der Waals surface area contributed by atoms with E-state index in [0.29, 0.717) is 11.0 Å². The number of hydrogen-bond acceptors (Lipinski definition) is 3. The Hall–Kier alpha value is -1.88. The van der Waals surface area contributed by atoms with E-state index in [1.807, 2.05) is 13.0 Å². The fraction of sp³-hybridized carbons (Fsp3) is 0.200. The lowest BCUT2D eigenvalue weighted by Crippen LogP contribution is -2.28. The largest absolute Gasteiger partial charge is 0.324 e. The van der Waals surface area contributed by atoms with Crippen molar-refractivity contribution in [3.63, 3.8) is 0 Å². The van der Waals surface area contributed by atoms with E-state index in [9.17, 15) is 9.59 Å². The summed E-state index contributed by atoms with van der Waals surface area (Å²) >= 11 is 0. The minimum absolute atomic E-state index is 0.107. The average Bonchev–Trinajstić information content (AvgIpc) is 2.19. The lowest BCUT2D eigenvalue weighted by molar-refractivity contribution is 0.819. The third-order valence-electron chi connectivity index (χ3n) is 2.27. The molecule has 0 aliphatic carbocycles. The Labute approximate surface area is 84.9 Å². The van der Waals surface area contributed by atoms with Crippen molar-refractivity contribution >= 4 is 11.0 Å². The van der Waals surface area contributed by atoms with Gasteiger partial charge in [0.1, 0.15) is 0 Å². The maximum Gasteiger partial charge on any atom is 0.314 e. The first-order valence-corrected chi connectivity index (χ1v) is 4.60. The van der Waals surface area contributed by atoms with Crippen LogP contribution in [0.2, 0.25) is 0 Å². The summed E-state index contributed by atoms with van der Waals surface area (Å²) in [4.78, 5) is 27.1. The molecule has 5 heteroatoms. The Bertz CT molecular complexity index is 610. The molecule has 2 rings (SSSR count). The minimum atomic E-state index is -0.649. The van der Waals surface area contributed by atoms with Crippen LogP contribution in [-0.2, 0) is 0 Å². The third kappa shape index (κ3) is 1.69. The highest BCUT2D eigenvalue weighted by molar-refractivity contribution is 5.74. The zero-order valence-corrected chi connectivity index (χ0v) is 8.20. The Morgan fingerprint density at radius 2 is 1.73 bits per heavy atom. The molecule has 1 heterocycles. The summed E-state index contributed by atoms with van der Waals surface area (Å²) in [7, 11) is 0. The van der Waals surface area contributed by atoms with E-state index in [0.717, 1.165) is 5.56 Å². The van der Waals surface area contributed by atoms with Gasteiger partial charge in [-0.05, 0) is 24.6 Å². The van der Waals surface area contributed by atoms with Crippen LogP contribution in [0.5, 0.6) is 0 Å². The van der Waals surface area contributed by atoms with Gasteiger partial charge in [0, 0.05) is 6.04 Å². The molecule has 0 fully saturated rings. The summed E-state index contributed by atoms with van der Waals surface area (Å²) < 4.78 is 0. The quantitative estimate of drug-likeness (QED) is 0.582. The fourth-order valence-electron chi connectivity index (χ4n) is 1.42.